The molecule has 28 heavy (non-hydrogen) atoms. The molecule has 0 fully saturated rings. The van der Waals surface area contributed by atoms with Crippen molar-refractivity contribution in [2.75, 3.05) is 11.9 Å². The number of rotatable bonds is 7. The first-order valence-electron chi connectivity index (χ1n) is 9.17. The number of oxime groups is 1. The fraction of sp³-hybridized carbons (Fsp3) is 0.318. The molecule has 0 aromatic heterocycles. The molecule has 0 saturated heterocycles. The summed E-state index contributed by atoms with van der Waals surface area (Å²) in [5.74, 6) is -0.356. The van der Waals surface area contributed by atoms with Crippen molar-refractivity contribution in [3.63, 3.8) is 0 Å². The van der Waals surface area contributed by atoms with Crippen LogP contribution in [0.3, 0.4) is 0 Å². The Kier molecular flexibility index (Phi) is 7.32. The van der Waals surface area contributed by atoms with Gasteiger partial charge in [0.1, 0.15) is 0 Å². The highest BCUT2D eigenvalue weighted by atomic mass is 16.6. The van der Waals surface area contributed by atoms with E-state index in [4.69, 9.17) is 4.84 Å². The van der Waals surface area contributed by atoms with Crippen LogP contribution in [0.5, 0.6) is 0 Å². The number of benzene rings is 2. The van der Waals surface area contributed by atoms with Crippen LogP contribution in [0.2, 0.25) is 0 Å². The van der Waals surface area contributed by atoms with E-state index in [9.17, 15) is 9.59 Å². The Morgan fingerprint density at radius 1 is 1.04 bits per heavy atom. The molecule has 0 aliphatic rings. The van der Waals surface area contributed by atoms with Gasteiger partial charge in [0.2, 0.25) is 5.91 Å². The predicted molar refractivity (Wildman–Crippen MR) is 111 cm³/mol. The zero-order valence-corrected chi connectivity index (χ0v) is 17.0. The van der Waals surface area contributed by atoms with Crippen LogP contribution in [0.4, 0.5) is 5.69 Å². The molecule has 2 aromatic rings. The number of amides is 2. The van der Waals surface area contributed by atoms with Gasteiger partial charge in [-0.2, -0.15) is 0 Å². The summed E-state index contributed by atoms with van der Waals surface area (Å²) >= 11 is 0. The minimum absolute atomic E-state index is 0.109. The number of carbonyl (C=O) groups is 2. The maximum Gasteiger partial charge on any atom is 0.261 e. The van der Waals surface area contributed by atoms with Crippen molar-refractivity contribution in [2.45, 2.75) is 40.7 Å². The molecule has 2 rings (SSSR count). The van der Waals surface area contributed by atoms with Crippen LogP contribution in [0.25, 0.3) is 0 Å². The second kappa shape index (κ2) is 9.69. The summed E-state index contributed by atoms with van der Waals surface area (Å²) in [6.45, 7) is 9.15. The third-order valence-electron chi connectivity index (χ3n) is 4.43. The molecule has 0 heterocycles. The van der Waals surface area contributed by atoms with Gasteiger partial charge in [0.15, 0.2) is 6.61 Å². The third kappa shape index (κ3) is 6.23. The predicted octanol–water partition coefficient (Wildman–Crippen LogP) is 3.88. The van der Waals surface area contributed by atoms with Gasteiger partial charge in [-0.3, -0.25) is 9.59 Å². The van der Waals surface area contributed by atoms with Gasteiger partial charge in [0, 0.05) is 12.6 Å². The van der Waals surface area contributed by atoms with Crippen LogP contribution in [-0.4, -0.2) is 24.1 Å². The van der Waals surface area contributed by atoms with Crippen molar-refractivity contribution in [1.82, 2.24) is 5.32 Å². The summed E-state index contributed by atoms with van der Waals surface area (Å²) in [5, 5.41) is 9.61. The summed E-state index contributed by atoms with van der Waals surface area (Å²) in [4.78, 5) is 28.3. The van der Waals surface area contributed by atoms with Crippen molar-refractivity contribution in [3.8, 4) is 0 Å². The molecule has 0 radical (unpaired) electrons. The number of hydrogen-bond acceptors (Lipinski definition) is 4. The Labute approximate surface area is 166 Å². The molecule has 2 aromatic carbocycles. The first kappa shape index (κ1) is 21.2. The summed E-state index contributed by atoms with van der Waals surface area (Å²) in [5.41, 5.74) is 5.67. The van der Waals surface area contributed by atoms with Crippen LogP contribution < -0.4 is 10.6 Å². The molecule has 0 saturated carbocycles. The maximum absolute atomic E-state index is 12.1. The minimum Gasteiger partial charge on any atom is -0.385 e. The standard InChI is InChI=1S/C22H27N3O3/c1-14-6-7-20(12-15(14)2)16(3)23-22(27)13-28-25-17(4)19-8-10-21(11-9-19)24-18(5)26/h6-12,16H,13H2,1-5H3,(H,23,27)(H,24,26)/b25-17+. The Morgan fingerprint density at radius 2 is 1.71 bits per heavy atom. The van der Waals surface area contributed by atoms with Crippen molar-refractivity contribution >= 4 is 23.2 Å². The van der Waals surface area contributed by atoms with E-state index < -0.39 is 0 Å². The monoisotopic (exact) mass is 381 g/mol. The molecule has 6 heteroatoms. The van der Waals surface area contributed by atoms with Gasteiger partial charge in [-0.15, -0.1) is 0 Å². The Hall–Kier alpha value is -3.15. The zero-order chi connectivity index (χ0) is 20.7. The van der Waals surface area contributed by atoms with E-state index in [2.05, 4.69) is 41.8 Å². The lowest BCUT2D eigenvalue weighted by molar-refractivity contribution is -0.126. The molecule has 2 amide bonds. The number of aryl methyl sites for hydroxylation is 2. The smallest absolute Gasteiger partial charge is 0.261 e. The largest absolute Gasteiger partial charge is 0.385 e. The molecule has 1 unspecified atom stereocenters. The quantitative estimate of drug-likeness (QED) is 0.564. The van der Waals surface area contributed by atoms with Crippen LogP contribution in [0, 0.1) is 13.8 Å². The number of carbonyl (C=O) groups excluding carboxylic acids is 2. The molecule has 2 N–H and O–H groups in total. The first-order valence-corrected chi connectivity index (χ1v) is 9.17. The average molecular weight is 381 g/mol. The van der Waals surface area contributed by atoms with Gasteiger partial charge in [-0.05, 0) is 62.1 Å². The lowest BCUT2D eigenvalue weighted by atomic mass is 10.0. The molecule has 6 nitrogen and oxygen atoms in total. The fourth-order valence-corrected chi connectivity index (χ4v) is 2.64. The first-order chi connectivity index (χ1) is 13.3. The summed E-state index contributed by atoms with van der Waals surface area (Å²) < 4.78 is 0. The van der Waals surface area contributed by atoms with Gasteiger partial charge in [-0.25, -0.2) is 0 Å². The van der Waals surface area contributed by atoms with E-state index in [1.165, 1.54) is 18.1 Å². The Morgan fingerprint density at radius 3 is 2.32 bits per heavy atom. The fourth-order valence-electron chi connectivity index (χ4n) is 2.64. The Bertz CT molecular complexity index is 873. The van der Waals surface area contributed by atoms with Crippen LogP contribution in [-0.2, 0) is 14.4 Å². The number of anilines is 1. The lowest BCUT2D eigenvalue weighted by Gasteiger charge is -2.15. The molecule has 0 aliphatic carbocycles. The van der Waals surface area contributed by atoms with E-state index in [0.717, 1.165) is 11.1 Å². The van der Waals surface area contributed by atoms with Gasteiger partial charge in [0.25, 0.3) is 5.91 Å². The van der Waals surface area contributed by atoms with Crippen LogP contribution in [0.1, 0.15) is 49.1 Å². The topological polar surface area (TPSA) is 79.8 Å². The highest BCUT2D eigenvalue weighted by molar-refractivity contribution is 5.99. The molecule has 0 bridgehead atoms. The minimum atomic E-state index is -0.233. The SMILES string of the molecule is CC(=O)Nc1ccc(/C(C)=N/OCC(=O)NC(C)c2ccc(C)c(C)c2)cc1. The summed E-state index contributed by atoms with van der Waals surface area (Å²) in [7, 11) is 0. The van der Waals surface area contributed by atoms with Crippen LogP contribution >= 0.6 is 0 Å². The third-order valence-corrected chi connectivity index (χ3v) is 4.43. The summed E-state index contributed by atoms with van der Waals surface area (Å²) in [6, 6.07) is 13.3. The molecule has 148 valence electrons. The van der Waals surface area contributed by atoms with Crippen molar-refractivity contribution in [3.05, 3.63) is 64.7 Å². The second-order valence-electron chi connectivity index (χ2n) is 6.84. The molecule has 1 atom stereocenters. The van der Waals surface area contributed by atoms with Crippen molar-refractivity contribution in [1.29, 1.82) is 0 Å². The molecular weight excluding hydrogens is 354 g/mol. The molecular formula is C22H27N3O3. The summed E-state index contributed by atoms with van der Waals surface area (Å²) in [6.07, 6.45) is 0. The highest BCUT2D eigenvalue weighted by Crippen LogP contribution is 2.16. The lowest BCUT2D eigenvalue weighted by Crippen LogP contribution is -2.29. The van der Waals surface area contributed by atoms with Gasteiger partial charge >= 0.3 is 0 Å². The van der Waals surface area contributed by atoms with E-state index in [1.54, 1.807) is 19.1 Å². The molecule has 0 aliphatic heterocycles. The maximum atomic E-state index is 12.1. The second-order valence-corrected chi connectivity index (χ2v) is 6.84. The van der Waals surface area contributed by atoms with E-state index in [1.807, 2.05) is 25.1 Å². The van der Waals surface area contributed by atoms with Crippen molar-refractivity contribution < 1.29 is 14.4 Å². The van der Waals surface area contributed by atoms with E-state index in [0.29, 0.717) is 11.4 Å². The average Bonchev–Trinajstić information content (AvgIpc) is 2.63. The van der Waals surface area contributed by atoms with Crippen LogP contribution in [0.15, 0.2) is 47.6 Å². The van der Waals surface area contributed by atoms with E-state index in [-0.39, 0.29) is 24.5 Å². The van der Waals surface area contributed by atoms with Gasteiger partial charge in [-0.1, -0.05) is 35.5 Å². The number of hydrogen-bond donors (Lipinski definition) is 2. The molecule has 0 spiro atoms. The number of nitrogens with one attached hydrogen (secondary N) is 2. The number of nitrogens with zero attached hydrogens (tertiary/aromatic N) is 1. The Balaban J connectivity index is 1.86. The van der Waals surface area contributed by atoms with E-state index >= 15 is 0 Å². The zero-order valence-electron chi connectivity index (χ0n) is 17.0. The van der Waals surface area contributed by atoms with Gasteiger partial charge < -0.3 is 15.5 Å². The van der Waals surface area contributed by atoms with Gasteiger partial charge in [0.05, 0.1) is 11.8 Å². The highest BCUT2D eigenvalue weighted by Gasteiger charge is 2.11. The van der Waals surface area contributed by atoms with Crippen molar-refractivity contribution in [2.24, 2.45) is 5.16 Å². The normalized spacial score (nSPS) is 12.2.